The second-order valence-corrected chi connectivity index (χ2v) is 9.25. The molecule has 0 aromatic carbocycles. The fraction of sp³-hybridized carbons (Fsp3) is 0.542. The van der Waals surface area contributed by atoms with Crippen LogP contribution in [-0.2, 0) is 16.0 Å². The largest absolute Gasteiger partial charge is 0.416 e. The SMILES string of the molecule is Cc1cc(CCN2CCN(C(=O)Oc3ccc(N4C(=O)C5CCCCC5C4=O)cn3)CC2)on1. The van der Waals surface area contributed by atoms with Gasteiger partial charge >= 0.3 is 6.09 Å². The van der Waals surface area contributed by atoms with Crippen molar-refractivity contribution in [2.45, 2.75) is 39.0 Å². The van der Waals surface area contributed by atoms with Gasteiger partial charge in [-0.3, -0.25) is 14.5 Å². The molecular formula is C24H29N5O5. The number of aromatic nitrogens is 2. The van der Waals surface area contributed by atoms with Crippen LogP contribution in [0.15, 0.2) is 28.9 Å². The van der Waals surface area contributed by atoms with E-state index in [0.29, 0.717) is 18.8 Å². The van der Waals surface area contributed by atoms with Crippen molar-refractivity contribution in [3.8, 4) is 5.88 Å². The maximum absolute atomic E-state index is 12.7. The van der Waals surface area contributed by atoms with E-state index in [1.165, 1.54) is 17.2 Å². The molecule has 1 saturated carbocycles. The summed E-state index contributed by atoms with van der Waals surface area (Å²) in [6.45, 7) is 5.36. The van der Waals surface area contributed by atoms with Gasteiger partial charge in [-0.15, -0.1) is 0 Å². The van der Waals surface area contributed by atoms with Crippen LogP contribution in [0.5, 0.6) is 5.88 Å². The van der Waals surface area contributed by atoms with E-state index in [2.05, 4.69) is 15.0 Å². The van der Waals surface area contributed by atoms with Crippen LogP contribution < -0.4 is 9.64 Å². The molecule has 1 aliphatic carbocycles. The standard InChI is InChI=1S/C24H29N5O5/c1-16-14-18(34-26-16)8-9-27-10-12-28(13-11-27)24(32)33-21-7-6-17(15-25-21)29-22(30)19-4-2-3-5-20(19)23(29)31/h6-7,14-15,19-20H,2-5,8-13H2,1H3. The highest BCUT2D eigenvalue weighted by Gasteiger charge is 2.48. The van der Waals surface area contributed by atoms with Gasteiger partial charge in [-0.05, 0) is 25.8 Å². The number of ether oxygens (including phenoxy) is 1. The second-order valence-electron chi connectivity index (χ2n) is 9.25. The highest BCUT2D eigenvalue weighted by Crippen LogP contribution is 2.40. The molecule has 3 fully saturated rings. The molecule has 2 aromatic rings. The van der Waals surface area contributed by atoms with E-state index in [9.17, 15) is 14.4 Å². The summed E-state index contributed by atoms with van der Waals surface area (Å²) in [5, 5.41) is 3.90. The number of aryl methyl sites for hydroxylation is 1. The Balaban J connectivity index is 1.12. The average molecular weight is 468 g/mol. The van der Waals surface area contributed by atoms with E-state index in [-0.39, 0.29) is 29.5 Å². The number of nitrogens with zero attached hydrogens (tertiary/aromatic N) is 5. The van der Waals surface area contributed by atoms with Crippen LogP contribution in [0, 0.1) is 18.8 Å². The molecule has 4 heterocycles. The van der Waals surface area contributed by atoms with Crippen molar-refractivity contribution in [1.82, 2.24) is 19.9 Å². The molecule has 180 valence electrons. The molecule has 5 rings (SSSR count). The highest BCUT2D eigenvalue weighted by molar-refractivity contribution is 6.22. The zero-order chi connectivity index (χ0) is 23.7. The zero-order valence-electron chi connectivity index (χ0n) is 19.3. The van der Waals surface area contributed by atoms with Gasteiger partial charge in [0, 0.05) is 51.3 Å². The fourth-order valence-corrected chi connectivity index (χ4v) is 5.09. The summed E-state index contributed by atoms with van der Waals surface area (Å²) in [6, 6.07) is 5.09. The Morgan fingerprint density at radius 3 is 2.38 bits per heavy atom. The molecule has 10 nitrogen and oxygen atoms in total. The van der Waals surface area contributed by atoms with E-state index in [1.54, 1.807) is 11.0 Å². The van der Waals surface area contributed by atoms with Crippen molar-refractivity contribution >= 4 is 23.6 Å². The van der Waals surface area contributed by atoms with Gasteiger partial charge in [-0.1, -0.05) is 18.0 Å². The molecule has 34 heavy (non-hydrogen) atoms. The Morgan fingerprint density at radius 1 is 1.09 bits per heavy atom. The predicted molar refractivity (Wildman–Crippen MR) is 121 cm³/mol. The lowest BCUT2D eigenvalue weighted by Crippen LogP contribution is -2.49. The van der Waals surface area contributed by atoms with Crippen molar-refractivity contribution in [3.05, 3.63) is 35.9 Å². The van der Waals surface area contributed by atoms with Crippen LogP contribution in [0.4, 0.5) is 10.5 Å². The summed E-state index contributed by atoms with van der Waals surface area (Å²) in [4.78, 5) is 47.4. The van der Waals surface area contributed by atoms with Gasteiger partial charge in [0.05, 0.1) is 29.4 Å². The third kappa shape index (κ3) is 4.54. The number of carbonyl (C=O) groups is 3. The van der Waals surface area contributed by atoms with Crippen molar-refractivity contribution in [1.29, 1.82) is 0 Å². The number of fused-ring (bicyclic) bond motifs is 1. The minimum Gasteiger partial charge on any atom is -0.391 e. The first-order valence-corrected chi connectivity index (χ1v) is 11.9. The number of hydrogen-bond acceptors (Lipinski definition) is 8. The lowest BCUT2D eigenvalue weighted by atomic mass is 9.81. The topological polar surface area (TPSA) is 109 Å². The van der Waals surface area contributed by atoms with Gasteiger partial charge in [-0.25, -0.2) is 14.7 Å². The first kappa shape index (κ1) is 22.5. The molecule has 0 spiro atoms. The monoisotopic (exact) mass is 467 g/mol. The Kier molecular flexibility index (Phi) is 6.32. The molecule has 2 saturated heterocycles. The van der Waals surface area contributed by atoms with Gasteiger partial charge in [-0.2, -0.15) is 0 Å². The minimum absolute atomic E-state index is 0.141. The molecule has 0 N–H and O–H groups in total. The van der Waals surface area contributed by atoms with E-state index < -0.39 is 6.09 Å². The Hall–Kier alpha value is -3.27. The normalized spacial score (nSPS) is 23.3. The van der Waals surface area contributed by atoms with Crippen molar-refractivity contribution in [2.75, 3.05) is 37.6 Å². The van der Waals surface area contributed by atoms with Gasteiger partial charge in [0.1, 0.15) is 5.76 Å². The second kappa shape index (κ2) is 9.54. The van der Waals surface area contributed by atoms with Crippen LogP contribution in [0.1, 0.15) is 37.1 Å². The van der Waals surface area contributed by atoms with Crippen LogP contribution in [0.25, 0.3) is 0 Å². The summed E-state index contributed by atoms with van der Waals surface area (Å²) in [5.41, 5.74) is 1.31. The summed E-state index contributed by atoms with van der Waals surface area (Å²) < 4.78 is 10.7. The Labute approximate surface area is 197 Å². The fourth-order valence-electron chi connectivity index (χ4n) is 5.09. The summed E-state index contributed by atoms with van der Waals surface area (Å²) >= 11 is 0. The first-order valence-electron chi connectivity index (χ1n) is 11.9. The molecule has 2 aliphatic heterocycles. The number of pyridine rings is 1. The number of imide groups is 1. The zero-order valence-corrected chi connectivity index (χ0v) is 19.3. The van der Waals surface area contributed by atoms with Gasteiger partial charge < -0.3 is 14.2 Å². The number of hydrogen-bond donors (Lipinski definition) is 0. The summed E-state index contributed by atoms with van der Waals surface area (Å²) in [5.74, 6) is 0.308. The van der Waals surface area contributed by atoms with E-state index >= 15 is 0 Å². The number of rotatable bonds is 5. The maximum atomic E-state index is 12.7. The van der Waals surface area contributed by atoms with Gasteiger partial charge in [0.15, 0.2) is 0 Å². The number of piperazine rings is 1. The number of amides is 3. The molecule has 2 atom stereocenters. The van der Waals surface area contributed by atoms with E-state index in [1.807, 2.05) is 13.0 Å². The molecule has 10 heteroatoms. The van der Waals surface area contributed by atoms with Gasteiger partial charge in [0.25, 0.3) is 0 Å². The Bertz CT molecular complexity index is 1040. The Morgan fingerprint density at radius 2 is 1.79 bits per heavy atom. The molecule has 0 bridgehead atoms. The highest BCUT2D eigenvalue weighted by atomic mass is 16.6. The number of anilines is 1. The lowest BCUT2D eigenvalue weighted by molar-refractivity contribution is -0.122. The predicted octanol–water partition coefficient (Wildman–Crippen LogP) is 2.42. The minimum atomic E-state index is -0.454. The maximum Gasteiger partial charge on any atom is 0.416 e. The van der Waals surface area contributed by atoms with Crippen LogP contribution in [0.3, 0.4) is 0 Å². The van der Waals surface area contributed by atoms with E-state index in [4.69, 9.17) is 9.26 Å². The van der Waals surface area contributed by atoms with Crippen LogP contribution in [-0.4, -0.2) is 70.6 Å². The first-order chi connectivity index (χ1) is 16.5. The average Bonchev–Trinajstić information content (AvgIpc) is 3.39. The molecule has 3 aliphatic rings. The quantitative estimate of drug-likeness (QED) is 0.617. The molecule has 2 unspecified atom stereocenters. The smallest absolute Gasteiger partial charge is 0.391 e. The third-order valence-electron chi connectivity index (χ3n) is 6.99. The van der Waals surface area contributed by atoms with Crippen molar-refractivity contribution in [3.63, 3.8) is 0 Å². The van der Waals surface area contributed by atoms with Crippen LogP contribution >= 0.6 is 0 Å². The third-order valence-corrected chi connectivity index (χ3v) is 6.99. The van der Waals surface area contributed by atoms with Crippen molar-refractivity contribution in [2.24, 2.45) is 11.8 Å². The lowest BCUT2D eigenvalue weighted by Gasteiger charge is -2.33. The summed E-state index contributed by atoms with van der Waals surface area (Å²) in [7, 11) is 0. The molecule has 3 amide bonds. The summed E-state index contributed by atoms with van der Waals surface area (Å²) in [6.07, 6.45) is 5.26. The van der Waals surface area contributed by atoms with E-state index in [0.717, 1.165) is 63.2 Å². The molecule has 0 radical (unpaired) electrons. The molecular weight excluding hydrogens is 438 g/mol. The number of carbonyl (C=O) groups excluding carboxylic acids is 3. The van der Waals surface area contributed by atoms with Gasteiger partial charge in [0.2, 0.25) is 17.7 Å². The van der Waals surface area contributed by atoms with Crippen LogP contribution in [0.2, 0.25) is 0 Å². The van der Waals surface area contributed by atoms with Crippen molar-refractivity contribution < 1.29 is 23.6 Å². The molecule has 2 aromatic heterocycles.